The lowest BCUT2D eigenvalue weighted by Gasteiger charge is -2.51. The van der Waals surface area contributed by atoms with E-state index in [-0.39, 0.29) is 11.1 Å². The van der Waals surface area contributed by atoms with Crippen molar-refractivity contribution >= 4 is 8.32 Å². The third kappa shape index (κ3) is 7.47. The largest absolute Gasteiger partial charge is 0.406 e. The Hall–Kier alpha value is -1.66. The average molecular weight is 587 g/mol. The van der Waals surface area contributed by atoms with Gasteiger partial charge in [-0.25, -0.2) is 0 Å². The van der Waals surface area contributed by atoms with E-state index in [4.69, 9.17) is 37.6 Å². The van der Waals surface area contributed by atoms with Crippen molar-refractivity contribution in [1.29, 1.82) is 0 Å². The third-order valence-electron chi connectivity index (χ3n) is 8.39. The van der Waals surface area contributed by atoms with Crippen LogP contribution in [-0.4, -0.2) is 70.7 Å². The van der Waals surface area contributed by atoms with Crippen LogP contribution in [0.25, 0.3) is 0 Å². The minimum atomic E-state index is -2.29. The summed E-state index contributed by atoms with van der Waals surface area (Å²) in [6, 6.07) is 20.1. The van der Waals surface area contributed by atoms with Crippen LogP contribution in [0.4, 0.5) is 0 Å². The van der Waals surface area contributed by atoms with E-state index in [0.717, 1.165) is 11.1 Å². The molecule has 226 valence electrons. The molecule has 3 aliphatic rings. The Labute approximate surface area is 245 Å². The summed E-state index contributed by atoms with van der Waals surface area (Å²) >= 11 is 0. The highest BCUT2D eigenvalue weighted by molar-refractivity contribution is 6.74. The van der Waals surface area contributed by atoms with Crippen molar-refractivity contribution in [2.24, 2.45) is 0 Å². The van der Waals surface area contributed by atoms with Crippen molar-refractivity contribution in [1.82, 2.24) is 0 Å². The Balaban J connectivity index is 1.43. The molecular formula is C32H46O8Si. The van der Waals surface area contributed by atoms with E-state index >= 15 is 0 Å². The van der Waals surface area contributed by atoms with Crippen molar-refractivity contribution in [2.45, 2.75) is 108 Å². The Morgan fingerprint density at radius 1 is 0.878 bits per heavy atom. The minimum Gasteiger partial charge on any atom is -0.406 e. The van der Waals surface area contributed by atoms with Crippen molar-refractivity contribution in [2.75, 3.05) is 19.8 Å². The molecule has 0 amide bonds. The molecule has 0 spiro atoms. The molecule has 0 saturated carbocycles. The van der Waals surface area contributed by atoms with Crippen LogP contribution in [0.2, 0.25) is 18.1 Å². The first kappa shape index (κ1) is 30.8. The monoisotopic (exact) mass is 586 g/mol. The Morgan fingerprint density at radius 3 is 2.20 bits per heavy atom. The second-order valence-electron chi connectivity index (χ2n) is 13.1. The highest BCUT2D eigenvalue weighted by atomic mass is 28.4. The van der Waals surface area contributed by atoms with Crippen molar-refractivity contribution in [3.05, 3.63) is 71.8 Å². The summed E-state index contributed by atoms with van der Waals surface area (Å²) in [7, 11) is -2.29. The SMILES string of the molecule is CC1(C)OCC(CO[C@H]2O[C@@H]3CO[C@@H](c4ccccc4)O[C@H]3[C@H](OCc3ccccc3)[C@@H]2O[Si](C)(C)C(C)(C)C)O1. The van der Waals surface area contributed by atoms with E-state index in [0.29, 0.717) is 26.4 Å². The summed E-state index contributed by atoms with van der Waals surface area (Å²) in [6.07, 6.45) is -3.22. The predicted octanol–water partition coefficient (Wildman–Crippen LogP) is 5.97. The Bertz CT molecular complexity index is 1110. The first-order valence-electron chi connectivity index (χ1n) is 14.7. The smallest absolute Gasteiger partial charge is 0.192 e. The summed E-state index contributed by atoms with van der Waals surface area (Å²) in [5.41, 5.74) is 2.03. The predicted molar refractivity (Wildman–Crippen MR) is 157 cm³/mol. The first-order valence-corrected chi connectivity index (χ1v) is 17.6. The van der Waals surface area contributed by atoms with Crippen molar-refractivity contribution in [3.8, 4) is 0 Å². The molecule has 41 heavy (non-hydrogen) atoms. The van der Waals surface area contributed by atoms with E-state index in [1.807, 2.05) is 62.4 Å². The zero-order valence-electron chi connectivity index (χ0n) is 25.4. The maximum absolute atomic E-state index is 7.07. The average Bonchev–Trinajstić information content (AvgIpc) is 3.29. The van der Waals surface area contributed by atoms with Gasteiger partial charge in [0.25, 0.3) is 0 Å². The lowest BCUT2D eigenvalue weighted by atomic mass is 9.97. The molecule has 7 atom stereocenters. The molecule has 0 aromatic heterocycles. The van der Waals surface area contributed by atoms with Crippen LogP contribution in [0.3, 0.4) is 0 Å². The number of benzene rings is 2. The van der Waals surface area contributed by atoms with Gasteiger partial charge in [-0.1, -0.05) is 81.4 Å². The first-order chi connectivity index (χ1) is 19.4. The molecule has 9 heteroatoms. The fourth-order valence-corrected chi connectivity index (χ4v) is 6.39. The molecule has 3 aliphatic heterocycles. The quantitative estimate of drug-likeness (QED) is 0.333. The van der Waals surface area contributed by atoms with E-state index in [1.165, 1.54) is 0 Å². The van der Waals surface area contributed by atoms with Crippen LogP contribution in [0.5, 0.6) is 0 Å². The van der Waals surface area contributed by atoms with Crippen LogP contribution < -0.4 is 0 Å². The molecule has 3 heterocycles. The molecular weight excluding hydrogens is 540 g/mol. The Morgan fingerprint density at radius 2 is 1.56 bits per heavy atom. The van der Waals surface area contributed by atoms with Crippen LogP contribution >= 0.6 is 0 Å². The topological polar surface area (TPSA) is 73.8 Å². The molecule has 1 unspecified atom stereocenters. The van der Waals surface area contributed by atoms with Gasteiger partial charge in [0.2, 0.25) is 0 Å². The summed E-state index contributed by atoms with van der Waals surface area (Å²) < 4.78 is 51.4. The van der Waals surface area contributed by atoms with Gasteiger partial charge in [-0.05, 0) is 37.5 Å². The standard InChI is InChI=1S/C32H46O8Si/c1-31(2,3)41(6,7)40-28-27(33-18-22-14-10-8-11-15-22)26-25(21-35-29(38-26)23-16-12-9-13-17-23)37-30(28)34-19-24-20-36-32(4,5)39-24/h8-17,24-30H,18-21H2,1-7H3/t24?,25-,26-,27+,28+,29-,30+/m1/s1. The minimum absolute atomic E-state index is 0.0338. The fourth-order valence-electron chi connectivity index (χ4n) is 5.11. The maximum atomic E-state index is 7.07. The van der Waals surface area contributed by atoms with Gasteiger partial charge in [-0.2, -0.15) is 0 Å². The number of hydrogen-bond acceptors (Lipinski definition) is 8. The normalized spacial score (nSPS) is 32.0. The van der Waals surface area contributed by atoms with Gasteiger partial charge in [0.15, 0.2) is 26.7 Å². The third-order valence-corrected chi connectivity index (χ3v) is 12.9. The van der Waals surface area contributed by atoms with Gasteiger partial charge in [0, 0.05) is 5.56 Å². The zero-order chi connectivity index (χ0) is 29.3. The van der Waals surface area contributed by atoms with Crippen LogP contribution in [-0.2, 0) is 44.2 Å². The van der Waals surface area contributed by atoms with Gasteiger partial charge in [0.05, 0.1) is 26.4 Å². The van der Waals surface area contributed by atoms with Gasteiger partial charge >= 0.3 is 0 Å². The van der Waals surface area contributed by atoms with E-state index < -0.39 is 51.1 Å². The number of rotatable bonds is 9. The second kappa shape index (κ2) is 12.5. The molecule has 2 aromatic rings. The molecule has 0 aliphatic carbocycles. The molecule has 0 bridgehead atoms. The van der Waals surface area contributed by atoms with E-state index in [1.54, 1.807) is 0 Å². The lowest BCUT2D eigenvalue weighted by molar-refractivity contribution is -0.366. The fraction of sp³-hybridized carbons (Fsp3) is 0.625. The van der Waals surface area contributed by atoms with Crippen LogP contribution in [0, 0.1) is 0 Å². The van der Waals surface area contributed by atoms with Gasteiger partial charge < -0.3 is 37.6 Å². The molecule has 3 saturated heterocycles. The highest BCUT2D eigenvalue weighted by Gasteiger charge is 2.54. The van der Waals surface area contributed by atoms with Crippen LogP contribution in [0.15, 0.2) is 60.7 Å². The lowest BCUT2D eigenvalue weighted by Crippen LogP contribution is -2.66. The summed E-state index contributed by atoms with van der Waals surface area (Å²) in [5.74, 6) is -0.636. The molecule has 8 nitrogen and oxygen atoms in total. The second-order valence-corrected chi connectivity index (χ2v) is 17.9. The van der Waals surface area contributed by atoms with Gasteiger partial charge in [-0.15, -0.1) is 0 Å². The maximum Gasteiger partial charge on any atom is 0.192 e. The summed E-state index contributed by atoms with van der Waals surface area (Å²) in [4.78, 5) is 0. The molecule has 5 rings (SSSR count). The zero-order valence-corrected chi connectivity index (χ0v) is 26.4. The molecule has 2 aromatic carbocycles. The number of hydrogen-bond donors (Lipinski definition) is 0. The van der Waals surface area contributed by atoms with Gasteiger partial charge in [-0.3, -0.25) is 0 Å². The van der Waals surface area contributed by atoms with Crippen molar-refractivity contribution in [3.63, 3.8) is 0 Å². The summed E-state index contributed by atoms with van der Waals surface area (Å²) in [5, 5.41) is -0.0338. The van der Waals surface area contributed by atoms with E-state index in [9.17, 15) is 0 Å². The Kier molecular flexibility index (Phi) is 9.40. The summed E-state index contributed by atoms with van der Waals surface area (Å²) in [6.45, 7) is 16.5. The number of fused-ring (bicyclic) bond motifs is 1. The van der Waals surface area contributed by atoms with Crippen LogP contribution in [0.1, 0.15) is 52.0 Å². The highest BCUT2D eigenvalue weighted by Crippen LogP contribution is 2.42. The molecule has 0 N–H and O–H groups in total. The van der Waals surface area contributed by atoms with Gasteiger partial charge in [0.1, 0.15) is 30.5 Å². The number of ether oxygens (including phenoxy) is 7. The van der Waals surface area contributed by atoms with E-state index in [2.05, 4.69) is 46.0 Å². The van der Waals surface area contributed by atoms with Crippen molar-refractivity contribution < 1.29 is 37.6 Å². The molecule has 3 fully saturated rings. The molecule has 0 radical (unpaired) electrons.